The first kappa shape index (κ1) is 16.1. The van der Waals surface area contributed by atoms with E-state index in [2.05, 4.69) is 22.0 Å². The molecule has 1 heterocycles. The molecule has 2 N–H and O–H groups in total. The molecule has 1 saturated heterocycles. The van der Waals surface area contributed by atoms with Gasteiger partial charge in [-0.05, 0) is 57.1 Å². The number of benzene rings is 1. The number of likely N-dealkylation sites (tertiary alicyclic amines) is 1. The van der Waals surface area contributed by atoms with Gasteiger partial charge in [-0.3, -0.25) is 4.72 Å². The van der Waals surface area contributed by atoms with E-state index in [0.717, 1.165) is 24.1 Å². The molecule has 1 unspecified atom stereocenters. The van der Waals surface area contributed by atoms with Crippen LogP contribution >= 0.6 is 0 Å². The lowest BCUT2D eigenvalue weighted by atomic mass is 10.0. The molecule has 0 aromatic heterocycles. The second kappa shape index (κ2) is 6.66. The first-order chi connectivity index (χ1) is 9.85. The molecule has 2 rings (SSSR count). The van der Waals surface area contributed by atoms with Gasteiger partial charge in [0.2, 0.25) is 10.0 Å². The molecule has 6 heteroatoms. The van der Waals surface area contributed by atoms with Crippen LogP contribution in [-0.2, 0) is 10.0 Å². The summed E-state index contributed by atoms with van der Waals surface area (Å²) in [6.07, 6.45) is 4.98. The van der Waals surface area contributed by atoms with Gasteiger partial charge in [0.15, 0.2) is 0 Å². The van der Waals surface area contributed by atoms with E-state index in [-0.39, 0.29) is 0 Å². The summed E-state index contributed by atoms with van der Waals surface area (Å²) in [5, 5.41) is 3.46. The van der Waals surface area contributed by atoms with E-state index in [0.29, 0.717) is 11.7 Å². The first-order valence-electron chi connectivity index (χ1n) is 7.38. The number of hydrogen-bond acceptors (Lipinski definition) is 4. The van der Waals surface area contributed by atoms with Crippen molar-refractivity contribution in [2.45, 2.75) is 32.2 Å². The highest BCUT2D eigenvalue weighted by Gasteiger charge is 2.18. The van der Waals surface area contributed by atoms with Gasteiger partial charge < -0.3 is 10.2 Å². The van der Waals surface area contributed by atoms with Crippen LogP contribution in [0.4, 0.5) is 11.4 Å². The van der Waals surface area contributed by atoms with Gasteiger partial charge in [-0.15, -0.1) is 0 Å². The lowest BCUT2D eigenvalue weighted by Crippen LogP contribution is -2.40. The SMILES string of the molecule is Cc1cc(NCC2CCCCN2C)ccc1NS(C)(=O)=O. The van der Waals surface area contributed by atoms with Crippen molar-refractivity contribution in [2.24, 2.45) is 0 Å². The molecule has 1 aliphatic rings. The van der Waals surface area contributed by atoms with Gasteiger partial charge in [-0.1, -0.05) is 6.42 Å². The smallest absolute Gasteiger partial charge is 0.229 e. The maximum atomic E-state index is 11.3. The summed E-state index contributed by atoms with van der Waals surface area (Å²) in [6.45, 7) is 4.00. The van der Waals surface area contributed by atoms with Crippen LogP contribution < -0.4 is 10.0 Å². The molecule has 1 atom stereocenters. The Hall–Kier alpha value is -1.27. The number of rotatable bonds is 5. The molecule has 0 radical (unpaired) electrons. The normalized spacial score (nSPS) is 20.2. The Morgan fingerprint density at radius 1 is 1.33 bits per heavy atom. The zero-order chi connectivity index (χ0) is 15.5. The lowest BCUT2D eigenvalue weighted by Gasteiger charge is -2.32. The number of aryl methyl sites for hydroxylation is 1. The molecule has 0 amide bonds. The maximum absolute atomic E-state index is 11.3. The fourth-order valence-corrected chi connectivity index (χ4v) is 3.35. The lowest BCUT2D eigenvalue weighted by molar-refractivity contribution is 0.194. The van der Waals surface area contributed by atoms with Crippen LogP contribution in [0.15, 0.2) is 18.2 Å². The molecular formula is C15H25N3O2S. The fraction of sp³-hybridized carbons (Fsp3) is 0.600. The highest BCUT2D eigenvalue weighted by molar-refractivity contribution is 7.92. The van der Waals surface area contributed by atoms with Gasteiger partial charge in [-0.2, -0.15) is 0 Å². The van der Waals surface area contributed by atoms with Crippen molar-refractivity contribution in [1.82, 2.24) is 4.90 Å². The Morgan fingerprint density at radius 3 is 2.71 bits per heavy atom. The van der Waals surface area contributed by atoms with Crippen molar-refractivity contribution in [3.05, 3.63) is 23.8 Å². The van der Waals surface area contributed by atoms with E-state index < -0.39 is 10.0 Å². The molecule has 0 spiro atoms. The molecule has 0 saturated carbocycles. The minimum absolute atomic E-state index is 0.577. The van der Waals surface area contributed by atoms with E-state index in [4.69, 9.17) is 0 Å². The number of nitrogens with zero attached hydrogens (tertiary/aromatic N) is 1. The second-order valence-electron chi connectivity index (χ2n) is 5.92. The summed E-state index contributed by atoms with van der Waals surface area (Å²) in [6, 6.07) is 6.29. The number of hydrogen-bond donors (Lipinski definition) is 2. The van der Waals surface area contributed by atoms with Crippen molar-refractivity contribution < 1.29 is 8.42 Å². The summed E-state index contributed by atoms with van der Waals surface area (Å²) in [5.41, 5.74) is 2.59. The quantitative estimate of drug-likeness (QED) is 0.875. The van der Waals surface area contributed by atoms with E-state index in [1.54, 1.807) is 0 Å². The Balaban J connectivity index is 1.97. The number of sulfonamides is 1. The van der Waals surface area contributed by atoms with Crippen LogP contribution in [0.25, 0.3) is 0 Å². The monoisotopic (exact) mass is 311 g/mol. The van der Waals surface area contributed by atoms with Crippen LogP contribution in [0.3, 0.4) is 0 Å². The van der Waals surface area contributed by atoms with Crippen LogP contribution in [-0.4, -0.2) is 45.8 Å². The summed E-state index contributed by atoms with van der Waals surface area (Å²) in [7, 11) is -1.05. The molecule has 0 aliphatic carbocycles. The van der Waals surface area contributed by atoms with Crippen molar-refractivity contribution in [1.29, 1.82) is 0 Å². The number of likely N-dealkylation sites (N-methyl/N-ethyl adjacent to an activating group) is 1. The summed E-state index contributed by atoms with van der Waals surface area (Å²) in [5.74, 6) is 0. The molecule has 1 aliphatic heterocycles. The zero-order valence-corrected chi connectivity index (χ0v) is 13.8. The van der Waals surface area contributed by atoms with Crippen LogP contribution in [0.2, 0.25) is 0 Å². The number of anilines is 2. The Labute approximate surface area is 127 Å². The molecule has 1 aromatic carbocycles. The highest BCUT2D eigenvalue weighted by Crippen LogP contribution is 2.21. The van der Waals surface area contributed by atoms with E-state index in [1.165, 1.54) is 25.8 Å². The largest absolute Gasteiger partial charge is 0.383 e. The van der Waals surface area contributed by atoms with Gasteiger partial charge in [0, 0.05) is 18.3 Å². The van der Waals surface area contributed by atoms with Crippen molar-refractivity contribution in [3.63, 3.8) is 0 Å². The summed E-state index contributed by atoms with van der Waals surface area (Å²) in [4.78, 5) is 2.41. The Morgan fingerprint density at radius 2 is 2.10 bits per heavy atom. The maximum Gasteiger partial charge on any atom is 0.229 e. The Kier molecular flexibility index (Phi) is 5.11. The molecule has 21 heavy (non-hydrogen) atoms. The van der Waals surface area contributed by atoms with Gasteiger partial charge in [0.1, 0.15) is 0 Å². The second-order valence-corrected chi connectivity index (χ2v) is 7.66. The third kappa shape index (κ3) is 4.89. The molecular weight excluding hydrogens is 286 g/mol. The molecule has 5 nitrogen and oxygen atoms in total. The topological polar surface area (TPSA) is 61.4 Å². The predicted molar refractivity (Wildman–Crippen MR) is 88.4 cm³/mol. The first-order valence-corrected chi connectivity index (χ1v) is 9.27. The number of piperidine rings is 1. The Bertz CT molecular complexity index is 587. The van der Waals surface area contributed by atoms with Crippen LogP contribution in [0.1, 0.15) is 24.8 Å². The van der Waals surface area contributed by atoms with E-state index in [9.17, 15) is 8.42 Å². The average Bonchev–Trinajstić information content (AvgIpc) is 2.39. The van der Waals surface area contributed by atoms with E-state index in [1.807, 2.05) is 25.1 Å². The summed E-state index contributed by atoms with van der Waals surface area (Å²) < 4.78 is 25.1. The molecule has 118 valence electrons. The summed E-state index contributed by atoms with van der Waals surface area (Å²) >= 11 is 0. The van der Waals surface area contributed by atoms with Crippen molar-refractivity contribution in [3.8, 4) is 0 Å². The third-order valence-electron chi connectivity index (χ3n) is 3.99. The van der Waals surface area contributed by atoms with E-state index >= 15 is 0 Å². The van der Waals surface area contributed by atoms with Crippen LogP contribution in [0, 0.1) is 6.92 Å². The van der Waals surface area contributed by atoms with Gasteiger partial charge in [-0.25, -0.2) is 8.42 Å². The van der Waals surface area contributed by atoms with Crippen molar-refractivity contribution in [2.75, 3.05) is 36.4 Å². The van der Waals surface area contributed by atoms with Crippen LogP contribution in [0.5, 0.6) is 0 Å². The molecule has 1 fully saturated rings. The molecule has 0 bridgehead atoms. The highest BCUT2D eigenvalue weighted by atomic mass is 32.2. The fourth-order valence-electron chi connectivity index (χ4n) is 2.73. The van der Waals surface area contributed by atoms with Gasteiger partial charge >= 0.3 is 0 Å². The van der Waals surface area contributed by atoms with Gasteiger partial charge in [0.05, 0.1) is 11.9 Å². The minimum atomic E-state index is -3.23. The predicted octanol–water partition coefficient (Wildman–Crippen LogP) is 2.26. The number of nitrogens with one attached hydrogen (secondary N) is 2. The average molecular weight is 311 g/mol. The third-order valence-corrected chi connectivity index (χ3v) is 4.58. The molecule has 1 aromatic rings. The van der Waals surface area contributed by atoms with Crippen molar-refractivity contribution >= 4 is 21.4 Å². The zero-order valence-electron chi connectivity index (χ0n) is 13.0. The standard InChI is InChI=1S/C15H25N3O2S/c1-12-10-13(7-8-15(12)17-21(3,19)20)16-11-14-6-4-5-9-18(14)2/h7-8,10,14,16-17H,4-6,9,11H2,1-3H3. The van der Waals surface area contributed by atoms with Gasteiger partial charge in [0.25, 0.3) is 0 Å². The minimum Gasteiger partial charge on any atom is -0.383 e.